The molecule has 0 spiro atoms. The Morgan fingerprint density at radius 2 is 1.64 bits per heavy atom. The Labute approximate surface area is 201 Å². The third-order valence-corrected chi connectivity index (χ3v) is 12.8. The van der Waals surface area contributed by atoms with Crippen molar-refractivity contribution in [2.75, 3.05) is 0 Å². The average molecular weight is 455 g/mol. The van der Waals surface area contributed by atoms with Crippen LogP contribution in [0.1, 0.15) is 106 Å². The molecule has 3 heteroatoms. The molecule has 0 bridgehead atoms. The molecule has 5 aliphatic carbocycles. The van der Waals surface area contributed by atoms with Crippen LogP contribution in [-0.2, 0) is 4.79 Å². The summed E-state index contributed by atoms with van der Waals surface area (Å²) >= 11 is 0. The van der Waals surface area contributed by atoms with E-state index in [1.807, 2.05) is 0 Å². The van der Waals surface area contributed by atoms with E-state index >= 15 is 0 Å². The van der Waals surface area contributed by atoms with Gasteiger partial charge in [-0.25, -0.2) is 0 Å². The van der Waals surface area contributed by atoms with Gasteiger partial charge in [-0.3, -0.25) is 4.79 Å². The summed E-state index contributed by atoms with van der Waals surface area (Å²) in [7, 11) is 0. The summed E-state index contributed by atoms with van der Waals surface area (Å²) in [6.07, 6.45) is 11.3. The summed E-state index contributed by atoms with van der Waals surface area (Å²) < 4.78 is 0. The van der Waals surface area contributed by atoms with Gasteiger partial charge < -0.3 is 10.2 Å². The van der Waals surface area contributed by atoms with Crippen molar-refractivity contribution in [2.24, 2.45) is 44.8 Å². The SMILES string of the molecule is CC1=C2C3=CC[C@@H]4[C@@]5(C)CC[C@H](O)C(C)(C)[C@H]5CC[C@]4(C)[C@@]3(C)CC[C@]2(C(=O)O)CC[C@@H]1C. The first-order chi connectivity index (χ1) is 15.3. The zero-order chi connectivity index (χ0) is 24.2. The molecule has 0 amide bonds. The zero-order valence-corrected chi connectivity index (χ0v) is 22.1. The Morgan fingerprint density at radius 1 is 0.939 bits per heavy atom. The molecule has 0 saturated heterocycles. The maximum atomic E-state index is 12.8. The molecule has 0 aromatic carbocycles. The number of aliphatic hydroxyl groups is 1. The van der Waals surface area contributed by atoms with E-state index in [1.165, 1.54) is 29.6 Å². The fraction of sp³-hybridized carbons (Fsp3) is 0.833. The van der Waals surface area contributed by atoms with Crippen LogP contribution in [0.4, 0.5) is 0 Å². The molecule has 184 valence electrons. The van der Waals surface area contributed by atoms with E-state index in [2.05, 4.69) is 54.5 Å². The van der Waals surface area contributed by atoms with Crippen molar-refractivity contribution < 1.29 is 15.0 Å². The molecule has 3 nitrogen and oxygen atoms in total. The van der Waals surface area contributed by atoms with Gasteiger partial charge in [0.1, 0.15) is 0 Å². The molecule has 3 saturated carbocycles. The molecular weight excluding hydrogens is 408 g/mol. The first-order valence-electron chi connectivity index (χ1n) is 13.6. The number of rotatable bonds is 1. The number of carboxylic acids is 1. The number of hydrogen-bond acceptors (Lipinski definition) is 2. The second-order valence-electron chi connectivity index (χ2n) is 14.0. The Hall–Kier alpha value is -1.09. The van der Waals surface area contributed by atoms with Gasteiger partial charge >= 0.3 is 5.97 Å². The summed E-state index contributed by atoms with van der Waals surface area (Å²) in [5.41, 5.74) is 3.65. The van der Waals surface area contributed by atoms with Gasteiger partial charge in [0.25, 0.3) is 0 Å². The summed E-state index contributed by atoms with van der Waals surface area (Å²) in [5, 5.41) is 21.4. The first kappa shape index (κ1) is 23.6. The van der Waals surface area contributed by atoms with E-state index < -0.39 is 11.4 Å². The summed E-state index contributed by atoms with van der Waals surface area (Å²) in [5.74, 6) is 0.999. The minimum atomic E-state index is -0.677. The van der Waals surface area contributed by atoms with Crippen LogP contribution in [-0.4, -0.2) is 22.3 Å². The predicted molar refractivity (Wildman–Crippen MR) is 133 cm³/mol. The van der Waals surface area contributed by atoms with Gasteiger partial charge in [0.2, 0.25) is 0 Å². The minimum Gasteiger partial charge on any atom is -0.481 e. The summed E-state index contributed by atoms with van der Waals surface area (Å²) in [6.45, 7) is 16.7. The molecule has 0 unspecified atom stereocenters. The quantitative estimate of drug-likeness (QED) is 0.442. The monoisotopic (exact) mass is 454 g/mol. The van der Waals surface area contributed by atoms with E-state index in [9.17, 15) is 15.0 Å². The molecule has 5 aliphatic rings. The van der Waals surface area contributed by atoms with Crippen molar-refractivity contribution in [2.45, 2.75) is 112 Å². The number of allylic oxidation sites excluding steroid dienone is 3. The molecule has 0 radical (unpaired) electrons. The van der Waals surface area contributed by atoms with Gasteiger partial charge in [0.05, 0.1) is 11.5 Å². The molecule has 3 fully saturated rings. The van der Waals surface area contributed by atoms with Crippen molar-refractivity contribution in [3.8, 4) is 0 Å². The van der Waals surface area contributed by atoms with Crippen LogP contribution < -0.4 is 0 Å². The van der Waals surface area contributed by atoms with Crippen LogP contribution >= 0.6 is 0 Å². The summed E-state index contributed by atoms with van der Waals surface area (Å²) in [4.78, 5) is 12.8. The molecule has 5 rings (SSSR count). The van der Waals surface area contributed by atoms with E-state index in [1.54, 1.807) is 0 Å². The van der Waals surface area contributed by atoms with Gasteiger partial charge in [-0.15, -0.1) is 0 Å². The van der Waals surface area contributed by atoms with Crippen LogP contribution in [0.15, 0.2) is 22.8 Å². The van der Waals surface area contributed by atoms with E-state index in [-0.39, 0.29) is 27.8 Å². The second-order valence-corrected chi connectivity index (χ2v) is 14.0. The van der Waals surface area contributed by atoms with Crippen LogP contribution in [0.2, 0.25) is 0 Å². The highest BCUT2D eigenvalue weighted by atomic mass is 16.4. The Balaban J connectivity index is 1.65. The Kier molecular flexibility index (Phi) is 5.01. The lowest BCUT2D eigenvalue weighted by molar-refractivity contribution is -0.197. The van der Waals surface area contributed by atoms with E-state index in [0.29, 0.717) is 17.8 Å². The lowest BCUT2D eigenvalue weighted by atomic mass is 9.34. The highest BCUT2D eigenvalue weighted by Gasteiger charge is 2.68. The average Bonchev–Trinajstić information content (AvgIpc) is 2.74. The third-order valence-electron chi connectivity index (χ3n) is 12.8. The molecule has 8 atom stereocenters. The summed E-state index contributed by atoms with van der Waals surface area (Å²) in [6, 6.07) is 0. The highest BCUT2D eigenvalue weighted by molar-refractivity contribution is 5.82. The van der Waals surface area contributed by atoms with Gasteiger partial charge in [-0.1, -0.05) is 53.2 Å². The van der Waals surface area contributed by atoms with Crippen LogP contribution in [0.5, 0.6) is 0 Å². The van der Waals surface area contributed by atoms with Gasteiger partial charge in [0.15, 0.2) is 0 Å². The highest BCUT2D eigenvalue weighted by Crippen LogP contribution is 2.75. The standard InChI is InChI=1S/C30H46O3/c1-18-10-15-30(25(32)33)17-16-28(6)20(24(30)19(18)2)8-9-22-27(5)13-12-23(31)26(3,4)21(27)11-14-29(22,28)7/h8,18,21-23,31H,9-17H2,1-7H3,(H,32,33)/t18-,21+,22+,23-,27-,28-,29-,30+/m0/s1. The minimum absolute atomic E-state index is 0.0245. The van der Waals surface area contributed by atoms with Gasteiger partial charge in [-0.05, 0) is 115 Å². The molecular formula is C30H46O3. The van der Waals surface area contributed by atoms with Crippen molar-refractivity contribution >= 4 is 5.97 Å². The molecule has 0 aliphatic heterocycles. The number of carboxylic acid groups (broad SMARTS) is 1. The predicted octanol–water partition coefficient (Wildman–Crippen LogP) is 7.15. The number of hydrogen-bond donors (Lipinski definition) is 2. The lowest BCUT2D eigenvalue weighted by Crippen LogP contribution is -2.64. The normalized spacial score (nSPS) is 51.0. The maximum absolute atomic E-state index is 12.8. The van der Waals surface area contributed by atoms with Crippen LogP contribution in [0.3, 0.4) is 0 Å². The fourth-order valence-electron chi connectivity index (χ4n) is 10.2. The molecule has 2 N–H and O–H groups in total. The first-order valence-corrected chi connectivity index (χ1v) is 13.6. The van der Waals surface area contributed by atoms with Gasteiger partial charge in [-0.2, -0.15) is 0 Å². The Morgan fingerprint density at radius 3 is 2.30 bits per heavy atom. The number of fused-ring (bicyclic) bond motifs is 7. The molecule has 0 aromatic rings. The fourth-order valence-corrected chi connectivity index (χ4v) is 10.2. The number of aliphatic carboxylic acids is 1. The van der Waals surface area contributed by atoms with Crippen molar-refractivity contribution in [3.63, 3.8) is 0 Å². The van der Waals surface area contributed by atoms with Crippen molar-refractivity contribution in [1.82, 2.24) is 0 Å². The van der Waals surface area contributed by atoms with Crippen molar-refractivity contribution in [3.05, 3.63) is 22.8 Å². The number of carbonyl (C=O) groups is 1. The van der Waals surface area contributed by atoms with Crippen LogP contribution in [0.25, 0.3) is 0 Å². The van der Waals surface area contributed by atoms with E-state index in [4.69, 9.17) is 0 Å². The van der Waals surface area contributed by atoms with Crippen LogP contribution in [0, 0.1) is 44.8 Å². The maximum Gasteiger partial charge on any atom is 0.314 e. The third kappa shape index (κ3) is 2.69. The Bertz CT molecular complexity index is 942. The zero-order valence-electron chi connectivity index (χ0n) is 22.1. The van der Waals surface area contributed by atoms with Gasteiger partial charge in [0, 0.05) is 0 Å². The second kappa shape index (κ2) is 6.99. The smallest absolute Gasteiger partial charge is 0.314 e. The number of aliphatic hydroxyl groups excluding tert-OH is 1. The topological polar surface area (TPSA) is 57.5 Å². The molecule has 33 heavy (non-hydrogen) atoms. The van der Waals surface area contributed by atoms with E-state index in [0.717, 1.165) is 44.9 Å². The molecule has 0 heterocycles. The molecule has 0 aromatic heterocycles. The lowest BCUT2D eigenvalue weighted by Gasteiger charge is -2.70. The van der Waals surface area contributed by atoms with Crippen molar-refractivity contribution in [1.29, 1.82) is 0 Å². The largest absolute Gasteiger partial charge is 0.481 e.